The summed E-state index contributed by atoms with van der Waals surface area (Å²) in [6, 6.07) is 6.31. The second-order valence-electron chi connectivity index (χ2n) is 7.40. The number of nitrogens with zero attached hydrogens (tertiary/aromatic N) is 2. The maximum atomic E-state index is 13.0. The molecular weight excluding hydrogens is 331 g/mol. The standard InChI is InChI=1S/C20H33FN4O/c1-4-22-20(23-13-19(26)16-5-7-17(21)8-6-16)24-18-9-11-25(12-10-18)14-15(2)3/h5-8,15,18-19,26H,4,9-14H2,1-3H3,(H2,22,23,24). The number of hydrogen-bond acceptors (Lipinski definition) is 3. The number of halogens is 1. The molecule has 0 amide bonds. The average molecular weight is 365 g/mol. The van der Waals surface area contributed by atoms with E-state index >= 15 is 0 Å². The van der Waals surface area contributed by atoms with Crippen molar-refractivity contribution in [1.29, 1.82) is 0 Å². The first-order chi connectivity index (χ1) is 12.5. The lowest BCUT2D eigenvalue weighted by Gasteiger charge is -2.34. The smallest absolute Gasteiger partial charge is 0.191 e. The Hall–Kier alpha value is -1.66. The molecule has 5 nitrogen and oxygen atoms in total. The molecule has 1 aromatic rings. The number of nitrogens with one attached hydrogen (secondary N) is 2. The molecule has 1 fully saturated rings. The van der Waals surface area contributed by atoms with E-state index in [1.807, 2.05) is 6.92 Å². The molecule has 0 bridgehead atoms. The molecule has 3 N–H and O–H groups in total. The van der Waals surface area contributed by atoms with Crippen molar-refractivity contribution in [3.8, 4) is 0 Å². The third kappa shape index (κ3) is 6.92. The number of benzene rings is 1. The van der Waals surface area contributed by atoms with Crippen LogP contribution in [-0.2, 0) is 0 Å². The molecule has 0 aromatic heterocycles. The summed E-state index contributed by atoms with van der Waals surface area (Å²) < 4.78 is 13.0. The molecule has 2 rings (SSSR count). The van der Waals surface area contributed by atoms with E-state index in [9.17, 15) is 9.50 Å². The molecule has 1 heterocycles. The van der Waals surface area contributed by atoms with Crippen LogP contribution < -0.4 is 10.6 Å². The minimum atomic E-state index is -0.737. The van der Waals surface area contributed by atoms with Gasteiger partial charge in [-0.1, -0.05) is 26.0 Å². The molecule has 6 heteroatoms. The van der Waals surface area contributed by atoms with Gasteiger partial charge in [-0.3, -0.25) is 4.99 Å². The van der Waals surface area contributed by atoms with Gasteiger partial charge in [0.1, 0.15) is 5.82 Å². The summed E-state index contributed by atoms with van der Waals surface area (Å²) >= 11 is 0. The number of piperidine rings is 1. The lowest BCUT2D eigenvalue weighted by molar-refractivity contribution is 0.184. The third-order valence-electron chi connectivity index (χ3n) is 4.57. The van der Waals surface area contributed by atoms with Crippen LogP contribution in [0.3, 0.4) is 0 Å². The van der Waals surface area contributed by atoms with Crippen LogP contribution in [0.5, 0.6) is 0 Å². The van der Waals surface area contributed by atoms with E-state index in [0.717, 1.165) is 45.0 Å². The molecule has 0 radical (unpaired) electrons. The number of rotatable bonds is 7. The molecule has 1 aliphatic heterocycles. The summed E-state index contributed by atoms with van der Waals surface area (Å²) in [6.45, 7) is 10.9. The highest BCUT2D eigenvalue weighted by Crippen LogP contribution is 2.14. The van der Waals surface area contributed by atoms with Crippen LogP contribution in [0.25, 0.3) is 0 Å². The van der Waals surface area contributed by atoms with Gasteiger partial charge in [-0.15, -0.1) is 0 Å². The van der Waals surface area contributed by atoms with E-state index in [1.54, 1.807) is 12.1 Å². The molecule has 0 saturated carbocycles. The van der Waals surface area contributed by atoms with Gasteiger partial charge in [-0.25, -0.2) is 4.39 Å². The number of aliphatic imine (C=N–C) groups is 1. The van der Waals surface area contributed by atoms with Crippen molar-refractivity contribution in [2.24, 2.45) is 10.9 Å². The Morgan fingerprint density at radius 2 is 1.92 bits per heavy atom. The summed E-state index contributed by atoms with van der Waals surface area (Å²) in [4.78, 5) is 7.03. The van der Waals surface area contributed by atoms with Gasteiger partial charge in [0.15, 0.2) is 5.96 Å². The average Bonchev–Trinajstić information content (AvgIpc) is 2.61. The van der Waals surface area contributed by atoms with Crippen LogP contribution in [0.15, 0.2) is 29.3 Å². The van der Waals surface area contributed by atoms with Crippen LogP contribution in [0.2, 0.25) is 0 Å². The van der Waals surface area contributed by atoms with Crippen LogP contribution in [0.1, 0.15) is 45.3 Å². The Balaban J connectivity index is 1.85. The van der Waals surface area contributed by atoms with Gasteiger partial charge in [0.05, 0.1) is 12.6 Å². The minimum Gasteiger partial charge on any atom is -0.386 e. The zero-order chi connectivity index (χ0) is 18.9. The normalized spacial score (nSPS) is 18.2. The van der Waals surface area contributed by atoms with E-state index < -0.39 is 6.10 Å². The first kappa shape index (κ1) is 20.6. The molecule has 1 unspecified atom stereocenters. The Morgan fingerprint density at radius 3 is 2.50 bits per heavy atom. The summed E-state index contributed by atoms with van der Waals surface area (Å²) in [5, 5.41) is 17.0. The van der Waals surface area contributed by atoms with Gasteiger partial charge in [-0.05, 0) is 43.4 Å². The number of aliphatic hydroxyl groups excluding tert-OH is 1. The Kier molecular flexibility index (Phi) is 8.32. The van der Waals surface area contributed by atoms with Crippen LogP contribution in [0.4, 0.5) is 4.39 Å². The van der Waals surface area contributed by atoms with Crippen molar-refractivity contribution < 1.29 is 9.50 Å². The van der Waals surface area contributed by atoms with E-state index in [-0.39, 0.29) is 12.4 Å². The van der Waals surface area contributed by atoms with Gasteiger partial charge in [0, 0.05) is 32.2 Å². The predicted molar refractivity (Wildman–Crippen MR) is 105 cm³/mol. The molecule has 1 aliphatic rings. The van der Waals surface area contributed by atoms with Gasteiger partial charge < -0.3 is 20.6 Å². The predicted octanol–water partition coefficient (Wildman–Crippen LogP) is 2.53. The first-order valence-electron chi connectivity index (χ1n) is 9.68. The zero-order valence-corrected chi connectivity index (χ0v) is 16.2. The molecule has 0 spiro atoms. The first-order valence-corrected chi connectivity index (χ1v) is 9.68. The Labute approximate surface area is 156 Å². The Morgan fingerprint density at radius 1 is 1.27 bits per heavy atom. The lowest BCUT2D eigenvalue weighted by atomic mass is 10.0. The van der Waals surface area contributed by atoms with Crippen molar-refractivity contribution in [1.82, 2.24) is 15.5 Å². The molecule has 26 heavy (non-hydrogen) atoms. The van der Waals surface area contributed by atoms with Crippen molar-refractivity contribution in [3.05, 3.63) is 35.6 Å². The van der Waals surface area contributed by atoms with Gasteiger partial charge in [-0.2, -0.15) is 0 Å². The summed E-state index contributed by atoms with van der Waals surface area (Å²) in [5.74, 6) is 1.13. The highest BCUT2D eigenvalue weighted by atomic mass is 19.1. The summed E-state index contributed by atoms with van der Waals surface area (Å²) in [5.41, 5.74) is 0.674. The Bertz CT molecular complexity index is 553. The van der Waals surface area contributed by atoms with Crippen LogP contribution in [-0.4, -0.2) is 54.7 Å². The molecule has 146 valence electrons. The fourth-order valence-electron chi connectivity index (χ4n) is 3.26. The fourth-order valence-corrected chi connectivity index (χ4v) is 3.26. The van der Waals surface area contributed by atoms with E-state index in [1.165, 1.54) is 12.1 Å². The van der Waals surface area contributed by atoms with Crippen LogP contribution in [0, 0.1) is 11.7 Å². The second-order valence-corrected chi connectivity index (χ2v) is 7.40. The third-order valence-corrected chi connectivity index (χ3v) is 4.57. The highest BCUT2D eigenvalue weighted by Gasteiger charge is 2.20. The largest absolute Gasteiger partial charge is 0.386 e. The lowest BCUT2D eigenvalue weighted by Crippen LogP contribution is -2.49. The van der Waals surface area contributed by atoms with E-state index in [4.69, 9.17) is 0 Å². The second kappa shape index (κ2) is 10.5. The zero-order valence-electron chi connectivity index (χ0n) is 16.2. The number of hydrogen-bond donors (Lipinski definition) is 3. The SMILES string of the molecule is CCNC(=NCC(O)c1ccc(F)cc1)NC1CCN(CC(C)C)CC1. The van der Waals surface area contributed by atoms with Crippen molar-refractivity contribution >= 4 is 5.96 Å². The summed E-state index contributed by atoms with van der Waals surface area (Å²) in [7, 11) is 0. The van der Waals surface area contributed by atoms with Gasteiger partial charge in [0.25, 0.3) is 0 Å². The monoisotopic (exact) mass is 364 g/mol. The van der Waals surface area contributed by atoms with Crippen molar-refractivity contribution in [2.45, 2.75) is 45.8 Å². The number of guanidine groups is 1. The molecule has 0 aliphatic carbocycles. The van der Waals surface area contributed by atoms with Crippen molar-refractivity contribution in [2.75, 3.05) is 32.7 Å². The molecule has 1 saturated heterocycles. The number of likely N-dealkylation sites (tertiary alicyclic amines) is 1. The topological polar surface area (TPSA) is 59.9 Å². The van der Waals surface area contributed by atoms with E-state index in [0.29, 0.717) is 17.5 Å². The fraction of sp³-hybridized carbons (Fsp3) is 0.650. The molecular formula is C20H33FN4O. The maximum Gasteiger partial charge on any atom is 0.191 e. The van der Waals surface area contributed by atoms with Crippen molar-refractivity contribution in [3.63, 3.8) is 0 Å². The maximum absolute atomic E-state index is 13.0. The highest BCUT2D eigenvalue weighted by molar-refractivity contribution is 5.80. The minimum absolute atomic E-state index is 0.243. The quantitative estimate of drug-likeness (QED) is 0.514. The van der Waals surface area contributed by atoms with Gasteiger partial charge in [0.2, 0.25) is 0 Å². The number of aliphatic hydroxyl groups is 1. The molecule has 1 aromatic carbocycles. The van der Waals surface area contributed by atoms with Gasteiger partial charge >= 0.3 is 0 Å². The molecule has 1 atom stereocenters. The van der Waals surface area contributed by atoms with E-state index in [2.05, 4.69) is 34.4 Å². The van der Waals surface area contributed by atoms with Crippen LogP contribution >= 0.6 is 0 Å². The summed E-state index contributed by atoms with van der Waals surface area (Å²) in [6.07, 6.45) is 1.45.